The zero-order valence-electron chi connectivity index (χ0n) is 7.97. The maximum absolute atomic E-state index is 4.37. The first-order valence-electron chi connectivity index (χ1n) is 4.74. The van der Waals surface area contributed by atoms with E-state index in [1.54, 1.807) is 11.3 Å². The number of fused-ring (bicyclic) bond motifs is 1. The number of hydrogen-bond donors (Lipinski definition) is 0. The molecule has 0 amide bonds. The number of aromatic nitrogens is 1. The summed E-state index contributed by atoms with van der Waals surface area (Å²) in [5.41, 5.74) is 2.22. The van der Waals surface area contributed by atoms with Gasteiger partial charge in [0, 0.05) is 27.9 Å². The van der Waals surface area contributed by atoms with E-state index >= 15 is 0 Å². The molecule has 2 heterocycles. The Bertz CT molecular complexity index is 584. The van der Waals surface area contributed by atoms with Crippen LogP contribution in [0.15, 0.2) is 48.0 Å². The lowest BCUT2D eigenvalue weighted by molar-refractivity contribution is 1.33. The highest BCUT2D eigenvalue weighted by Gasteiger charge is 2.04. The second-order valence-electron chi connectivity index (χ2n) is 3.28. The van der Waals surface area contributed by atoms with Gasteiger partial charge in [-0.2, -0.15) is 0 Å². The molecule has 0 saturated carbocycles. The summed E-state index contributed by atoms with van der Waals surface area (Å²) in [6, 6.07) is 15.4. The summed E-state index contributed by atoms with van der Waals surface area (Å²) in [6.45, 7) is 0. The number of hydrogen-bond acceptors (Lipinski definition) is 2. The van der Waals surface area contributed by atoms with Crippen molar-refractivity contribution in [2.75, 3.05) is 0 Å². The van der Waals surface area contributed by atoms with Gasteiger partial charge in [0.2, 0.25) is 0 Å². The molecule has 0 atom stereocenters. The van der Waals surface area contributed by atoms with Crippen molar-refractivity contribution >= 4 is 21.4 Å². The van der Waals surface area contributed by atoms with Crippen molar-refractivity contribution in [3.63, 3.8) is 0 Å². The molecule has 0 aliphatic carbocycles. The maximum Gasteiger partial charge on any atom is 0.0716 e. The fraction of sp³-hybridized carbons (Fsp3) is 0. The smallest absolute Gasteiger partial charge is 0.0716 e. The Morgan fingerprint density at radius 1 is 1.07 bits per heavy atom. The van der Waals surface area contributed by atoms with Crippen molar-refractivity contribution in [3.05, 3.63) is 54.0 Å². The second kappa shape index (κ2) is 3.48. The molecule has 0 bridgehead atoms. The Morgan fingerprint density at radius 2 is 2.07 bits per heavy atom. The summed E-state index contributed by atoms with van der Waals surface area (Å²) in [4.78, 5) is 4.37. The number of nitrogens with zero attached hydrogens (tertiary/aromatic N) is 1. The molecule has 3 rings (SSSR count). The van der Waals surface area contributed by atoms with E-state index in [0.717, 1.165) is 5.69 Å². The predicted octanol–water partition coefficient (Wildman–Crippen LogP) is 3.76. The van der Waals surface area contributed by atoms with Gasteiger partial charge >= 0.3 is 0 Å². The molecule has 1 nitrogen and oxygen atoms in total. The fourth-order valence-corrected chi connectivity index (χ4v) is 2.51. The second-order valence-corrected chi connectivity index (χ2v) is 4.16. The van der Waals surface area contributed by atoms with Crippen LogP contribution in [0.25, 0.3) is 21.3 Å². The monoisotopic (exact) mass is 210 g/mol. The van der Waals surface area contributed by atoms with E-state index in [2.05, 4.69) is 29.2 Å². The summed E-state index contributed by atoms with van der Waals surface area (Å²) in [5.74, 6) is 0. The molecule has 0 aliphatic heterocycles. The summed E-state index contributed by atoms with van der Waals surface area (Å²) in [7, 11) is 0. The molecule has 0 unspecified atom stereocenters. The topological polar surface area (TPSA) is 12.9 Å². The Morgan fingerprint density at radius 3 is 2.93 bits per heavy atom. The number of pyridine rings is 1. The number of thiophene rings is 1. The highest BCUT2D eigenvalue weighted by atomic mass is 32.1. The minimum atomic E-state index is 1.03. The van der Waals surface area contributed by atoms with E-state index in [-0.39, 0.29) is 0 Å². The third-order valence-corrected chi connectivity index (χ3v) is 3.26. The molecular formula is C13H8NS. The largest absolute Gasteiger partial charge is 0.256 e. The van der Waals surface area contributed by atoms with Gasteiger partial charge in [0.1, 0.15) is 0 Å². The van der Waals surface area contributed by atoms with Crippen LogP contribution in [0, 0.1) is 6.07 Å². The SMILES string of the molecule is [c]1csc2c(-c3ccccn3)cccc12. The number of rotatable bonds is 1. The molecule has 0 spiro atoms. The van der Waals surface area contributed by atoms with Gasteiger partial charge in [0.05, 0.1) is 5.69 Å². The van der Waals surface area contributed by atoms with Crippen LogP contribution in [-0.4, -0.2) is 4.98 Å². The number of benzene rings is 1. The molecule has 71 valence electrons. The third-order valence-electron chi connectivity index (χ3n) is 2.35. The van der Waals surface area contributed by atoms with Crippen LogP contribution >= 0.6 is 11.3 Å². The Hall–Kier alpha value is -1.67. The van der Waals surface area contributed by atoms with Gasteiger partial charge in [-0.25, -0.2) is 0 Å². The van der Waals surface area contributed by atoms with Gasteiger partial charge in [0.25, 0.3) is 0 Å². The lowest BCUT2D eigenvalue weighted by atomic mass is 10.1. The molecule has 0 fully saturated rings. The van der Waals surface area contributed by atoms with Crippen molar-refractivity contribution in [1.82, 2.24) is 4.98 Å². The van der Waals surface area contributed by atoms with Gasteiger partial charge in [0.15, 0.2) is 0 Å². The zero-order valence-corrected chi connectivity index (χ0v) is 8.79. The molecule has 2 heteroatoms. The summed E-state index contributed by atoms with van der Waals surface area (Å²) >= 11 is 1.71. The minimum absolute atomic E-state index is 1.03. The van der Waals surface area contributed by atoms with Gasteiger partial charge in [-0.3, -0.25) is 4.98 Å². The van der Waals surface area contributed by atoms with E-state index < -0.39 is 0 Å². The fourth-order valence-electron chi connectivity index (χ4n) is 1.65. The van der Waals surface area contributed by atoms with Crippen LogP contribution in [0.2, 0.25) is 0 Å². The average Bonchev–Trinajstić information content (AvgIpc) is 2.78. The molecule has 2 aromatic heterocycles. The first-order valence-corrected chi connectivity index (χ1v) is 5.62. The molecule has 15 heavy (non-hydrogen) atoms. The lowest BCUT2D eigenvalue weighted by Gasteiger charge is -2.01. The molecule has 1 aromatic carbocycles. The molecule has 1 radical (unpaired) electrons. The molecule has 0 N–H and O–H groups in total. The van der Waals surface area contributed by atoms with E-state index in [1.165, 1.54) is 15.6 Å². The Balaban J connectivity index is 2.31. The zero-order chi connectivity index (χ0) is 10.1. The molecular weight excluding hydrogens is 202 g/mol. The van der Waals surface area contributed by atoms with Crippen LogP contribution in [0.3, 0.4) is 0 Å². The predicted molar refractivity (Wildman–Crippen MR) is 63.9 cm³/mol. The molecule has 0 saturated heterocycles. The van der Waals surface area contributed by atoms with Crippen LogP contribution in [0.1, 0.15) is 0 Å². The summed E-state index contributed by atoms with van der Waals surface area (Å²) in [6.07, 6.45) is 1.82. The third kappa shape index (κ3) is 1.43. The lowest BCUT2D eigenvalue weighted by Crippen LogP contribution is -1.81. The quantitative estimate of drug-likeness (QED) is 0.596. The first kappa shape index (κ1) is 8.62. The van der Waals surface area contributed by atoms with Gasteiger partial charge < -0.3 is 0 Å². The Labute approximate surface area is 92.0 Å². The minimum Gasteiger partial charge on any atom is -0.256 e. The van der Waals surface area contributed by atoms with Crippen molar-refractivity contribution in [2.24, 2.45) is 0 Å². The van der Waals surface area contributed by atoms with Gasteiger partial charge in [-0.1, -0.05) is 24.3 Å². The van der Waals surface area contributed by atoms with E-state index in [9.17, 15) is 0 Å². The van der Waals surface area contributed by atoms with Crippen molar-refractivity contribution in [2.45, 2.75) is 0 Å². The summed E-state index contributed by atoms with van der Waals surface area (Å²) in [5, 5.41) is 3.17. The van der Waals surface area contributed by atoms with Crippen molar-refractivity contribution in [1.29, 1.82) is 0 Å². The van der Waals surface area contributed by atoms with Crippen LogP contribution in [0.4, 0.5) is 0 Å². The first-order chi connectivity index (χ1) is 7.45. The highest BCUT2D eigenvalue weighted by Crippen LogP contribution is 2.30. The van der Waals surface area contributed by atoms with Crippen LogP contribution < -0.4 is 0 Å². The van der Waals surface area contributed by atoms with Crippen LogP contribution in [0.5, 0.6) is 0 Å². The van der Waals surface area contributed by atoms with Crippen molar-refractivity contribution < 1.29 is 0 Å². The van der Waals surface area contributed by atoms with E-state index in [0.29, 0.717) is 0 Å². The standard InChI is InChI=1S/C13H8NS/c1-2-8-14-12(6-1)11-5-3-4-10-7-9-15-13(10)11/h1-6,8-9H. The molecule has 0 aliphatic rings. The van der Waals surface area contributed by atoms with E-state index in [4.69, 9.17) is 0 Å². The highest BCUT2D eigenvalue weighted by molar-refractivity contribution is 7.17. The average molecular weight is 210 g/mol. The van der Waals surface area contributed by atoms with Gasteiger partial charge in [-0.15, -0.1) is 11.3 Å². The van der Waals surface area contributed by atoms with Crippen LogP contribution in [-0.2, 0) is 0 Å². The van der Waals surface area contributed by atoms with E-state index in [1.807, 2.05) is 29.8 Å². The normalized spacial score (nSPS) is 10.7. The molecule has 3 aromatic rings. The maximum atomic E-state index is 4.37. The van der Waals surface area contributed by atoms with Crippen molar-refractivity contribution in [3.8, 4) is 11.3 Å². The van der Waals surface area contributed by atoms with Gasteiger partial charge in [-0.05, 0) is 17.5 Å². The summed E-state index contributed by atoms with van der Waals surface area (Å²) < 4.78 is 1.26. The Kier molecular flexibility index (Phi) is 2.00.